The summed E-state index contributed by atoms with van der Waals surface area (Å²) in [5.74, 6) is -0.713. The fourth-order valence-electron chi connectivity index (χ4n) is 4.48. The third-order valence-corrected chi connectivity index (χ3v) is 7.51. The number of carbonyl (C=O) groups is 2. The number of hydrogen-bond donors (Lipinski definition) is 1. The van der Waals surface area contributed by atoms with Crippen molar-refractivity contribution in [1.29, 1.82) is 0 Å². The highest BCUT2D eigenvalue weighted by Gasteiger charge is 2.33. The Kier molecular flexibility index (Phi) is 9.31. The molecule has 1 aliphatic carbocycles. The minimum atomic E-state index is -3.87. The lowest BCUT2D eigenvalue weighted by molar-refractivity contribution is -0.140. The van der Waals surface area contributed by atoms with Crippen LogP contribution in [-0.2, 0) is 26.2 Å². The van der Waals surface area contributed by atoms with E-state index in [4.69, 9.17) is 4.74 Å². The van der Waals surface area contributed by atoms with Crippen molar-refractivity contribution in [2.24, 2.45) is 0 Å². The molecule has 3 rings (SSSR count). The van der Waals surface area contributed by atoms with Gasteiger partial charge in [-0.25, -0.2) is 12.8 Å². The van der Waals surface area contributed by atoms with Crippen LogP contribution in [0.15, 0.2) is 48.5 Å². The Hall–Kier alpha value is -3.14. The molecule has 2 aromatic rings. The van der Waals surface area contributed by atoms with Crippen LogP contribution in [0.25, 0.3) is 0 Å². The Morgan fingerprint density at radius 1 is 1.14 bits per heavy atom. The van der Waals surface area contributed by atoms with Gasteiger partial charge >= 0.3 is 0 Å². The second kappa shape index (κ2) is 12.2. The second-order valence-corrected chi connectivity index (χ2v) is 10.9. The van der Waals surface area contributed by atoms with Crippen LogP contribution in [-0.4, -0.2) is 57.1 Å². The summed E-state index contributed by atoms with van der Waals surface area (Å²) >= 11 is 0. The quantitative estimate of drug-likeness (QED) is 0.491. The van der Waals surface area contributed by atoms with Gasteiger partial charge in [-0.3, -0.25) is 13.9 Å². The maximum Gasteiger partial charge on any atom is 0.244 e. The van der Waals surface area contributed by atoms with Gasteiger partial charge in [-0.1, -0.05) is 31.9 Å². The van der Waals surface area contributed by atoms with Gasteiger partial charge in [0.05, 0.1) is 19.1 Å². The van der Waals surface area contributed by atoms with Crippen LogP contribution in [0, 0.1) is 5.82 Å². The molecular weight excluding hydrogens is 485 g/mol. The highest BCUT2D eigenvalue weighted by Crippen LogP contribution is 2.22. The molecule has 10 heteroatoms. The van der Waals surface area contributed by atoms with Gasteiger partial charge in [0.15, 0.2) is 0 Å². The standard InChI is InChI=1S/C26H34FN3O5S/c1-4-24(26(32)28-21-9-5-6-10-21)29(17-19-8-7-11-23(16-19)35-2)25(31)18-30(36(3,33)34)22-14-12-20(27)13-15-22/h7-8,11-16,21,24H,4-6,9-10,17-18H2,1-3H3,(H,28,32)/t24-/m1/s1. The smallest absolute Gasteiger partial charge is 0.244 e. The maximum atomic E-state index is 13.7. The largest absolute Gasteiger partial charge is 0.497 e. The van der Waals surface area contributed by atoms with Gasteiger partial charge in [-0.2, -0.15) is 0 Å². The van der Waals surface area contributed by atoms with Crippen LogP contribution in [0.4, 0.5) is 10.1 Å². The molecule has 196 valence electrons. The summed E-state index contributed by atoms with van der Waals surface area (Å²) in [7, 11) is -2.33. The summed E-state index contributed by atoms with van der Waals surface area (Å²) in [5, 5.41) is 3.06. The average molecular weight is 520 g/mol. The summed E-state index contributed by atoms with van der Waals surface area (Å²) in [4.78, 5) is 28.4. The Labute approximate surface area is 212 Å². The molecular formula is C26H34FN3O5S. The number of hydrogen-bond acceptors (Lipinski definition) is 5. The molecule has 1 fully saturated rings. The number of amides is 2. The minimum Gasteiger partial charge on any atom is -0.497 e. The van der Waals surface area contributed by atoms with Crippen molar-refractivity contribution in [1.82, 2.24) is 10.2 Å². The van der Waals surface area contributed by atoms with Crippen molar-refractivity contribution < 1.29 is 27.1 Å². The second-order valence-electron chi connectivity index (χ2n) is 9.03. The molecule has 0 aliphatic heterocycles. The fourth-order valence-corrected chi connectivity index (χ4v) is 5.33. The van der Waals surface area contributed by atoms with Crippen LogP contribution in [0.3, 0.4) is 0 Å². The van der Waals surface area contributed by atoms with Crippen molar-refractivity contribution in [2.75, 3.05) is 24.2 Å². The average Bonchev–Trinajstić information content (AvgIpc) is 3.35. The monoisotopic (exact) mass is 519 g/mol. The number of sulfonamides is 1. The molecule has 1 N–H and O–H groups in total. The Bertz CT molecular complexity index is 1150. The van der Waals surface area contributed by atoms with Crippen molar-refractivity contribution >= 4 is 27.5 Å². The van der Waals surface area contributed by atoms with E-state index in [-0.39, 0.29) is 24.2 Å². The Morgan fingerprint density at radius 2 is 1.81 bits per heavy atom. The molecule has 0 unspecified atom stereocenters. The van der Waals surface area contributed by atoms with Crippen molar-refractivity contribution in [3.05, 3.63) is 59.9 Å². The van der Waals surface area contributed by atoms with Gasteiger partial charge in [0, 0.05) is 12.6 Å². The SMILES string of the molecule is CC[C@H](C(=O)NC1CCCC1)N(Cc1cccc(OC)c1)C(=O)CN(c1ccc(F)cc1)S(C)(=O)=O. The van der Waals surface area contributed by atoms with E-state index in [9.17, 15) is 22.4 Å². The number of carbonyl (C=O) groups excluding carboxylic acids is 2. The van der Waals surface area contributed by atoms with Crippen LogP contribution in [0.5, 0.6) is 5.75 Å². The highest BCUT2D eigenvalue weighted by molar-refractivity contribution is 7.92. The molecule has 0 saturated heterocycles. The van der Waals surface area contributed by atoms with E-state index in [0.717, 1.165) is 53.9 Å². The molecule has 0 aromatic heterocycles. The lowest BCUT2D eigenvalue weighted by atomic mass is 10.1. The molecule has 8 nitrogen and oxygen atoms in total. The highest BCUT2D eigenvalue weighted by atomic mass is 32.2. The molecule has 36 heavy (non-hydrogen) atoms. The van der Waals surface area contributed by atoms with Crippen LogP contribution >= 0.6 is 0 Å². The van der Waals surface area contributed by atoms with Crippen LogP contribution in [0.1, 0.15) is 44.6 Å². The zero-order chi connectivity index (χ0) is 26.3. The van der Waals surface area contributed by atoms with Crippen LogP contribution in [0.2, 0.25) is 0 Å². The summed E-state index contributed by atoms with van der Waals surface area (Å²) in [6.45, 7) is 1.38. The Morgan fingerprint density at radius 3 is 2.39 bits per heavy atom. The third-order valence-electron chi connectivity index (χ3n) is 6.37. The van der Waals surface area contributed by atoms with Crippen molar-refractivity contribution in [3.63, 3.8) is 0 Å². The van der Waals surface area contributed by atoms with E-state index in [1.54, 1.807) is 25.3 Å². The molecule has 1 aliphatic rings. The summed E-state index contributed by atoms with van der Waals surface area (Å²) in [6.07, 6.45) is 5.24. The van der Waals surface area contributed by atoms with E-state index in [1.165, 1.54) is 17.0 Å². The number of anilines is 1. The van der Waals surface area contributed by atoms with Crippen LogP contribution < -0.4 is 14.4 Å². The summed E-state index contributed by atoms with van der Waals surface area (Å²) < 4.78 is 44.8. The van der Waals surface area contributed by atoms with Gasteiger partial charge in [-0.15, -0.1) is 0 Å². The van der Waals surface area contributed by atoms with E-state index >= 15 is 0 Å². The predicted octanol–water partition coefficient (Wildman–Crippen LogP) is 3.47. The number of benzene rings is 2. The number of nitrogens with zero attached hydrogens (tertiary/aromatic N) is 2. The first-order chi connectivity index (χ1) is 17.1. The van der Waals surface area contributed by atoms with Crippen molar-refractivity contribution in [2.45, 2.75) is 57.7 Å². The van der Waals surface area contributed by atoms with Crippen molar-refractivity contribution in [3.8, 4) is 5.75 Å². The fraction of sp³-hybridized carbons (Fsp3) is 0.462. The normalized spacial score (nSPS) is 14.8. The maximum absolute atomic E-state index is 13.7. The lowest BCUT2D eigenvalue weighted by Gasteiger charge is -2.33. The lowest BCUT2D eigenvalue weighted by Crippen LogP contribution is -2.53. The molecule has 1 saturated carbocycles. The van der Waals surface area contributed by atoms with Gasteiger partial charge in [0.2, 0.25) is 21.8 Å². The van der Waals surface area contributed by atoms with Gasteiger partial charge < -0.3 is 15.0 Å². The first kappa shape index (κ1) is 27.4. The van der Waals surface area contributed by atoms with E-state index in [1.807, 2.05) is 13.0 Å². The minimum absolute atomic E-state index is 0.0760. The Balaban J connectivity index is 1.92. The number of nitrogens with one attached hydrogen (secondary N) is 1. The summed E-state index contributed by atoms with van der Waals surface area (Å²) in [5.41, 5.74) is 0.902. The zero-order valence-electron chi connectivity index (χ0n) is 20.9. The number of rotatable bonds is 11. The molecule has 2 amide bonds. The first-order valence-corrected chi connectivity index (χ1v) is 13.9. The predicted molar refractivity (Wildman–Crippen MR) is 137 cm³/mol. The van der Waals surface area contributed by atoms with Gasteiger partial charge in [0.25, 0.3) is 0 Å². The zero-order valence-corrected chi connectivity index (χ0v) is 21.8. The number of halogens is 1. The number of methoxy groups -OCH3 is 1. The molecule has 2 aromatic carbocycles. The first-order valence-electron chi connectivity index (χ1n) is 12.1. The molecule has 0 heterocycles. The molecule has 0 bridgehead atoms. The summed E-state index contributed by atoms with van der Waals surface area (Å²) in [6, 6.07) is 11.3. The number of ether oxygens (including phenoxy) is 1. The van der Waals surface area contributed by atoms with Gasteiger partial charge in [-0.05, 0) is 61.2 Å². The molecule has 1 atom stereocenters. The molecule has 0 radical (unpaired) electrons. The van der Waals surface area contributed by atoms with Gasteiger partial charge in [0.1, 0.15) is 24.2 Å². The third kappa shape index (κ3) is 7.19. The van der Waals surface area contributed by atoms with E-state index < -0.39 is 34.3 Å². The van der Waals surface area contributed by atoms with E-state index in [2.05, 4.69) is 5.32 Å². The topological polar surface area (TPSA) is 96.0 Å². The molecule has 0 spiro atoms. The van der Waals surface area contributed by atoms with E-state index in [0.29, 0.717) is 12.2 Å².